The highest BCUT2D eigenvalue weighted by atomic mass is 16.5. The molecule has 1 aliphatic heterocycles. The first kappa shape index (κ1) is 9.54. The quantitative estimate of drug-likeness (QED) is 0.404. The van der Waals surface area contributed by atoms with Gasteiger partial charge in [-0.25, -0.2) is 0 Å². The number of hydrogen-bond donors (Lipinski definition) is 0. The lowest BCUT2D eigenvalue weighted by Crippen LogP contribution is -2.17. The Balaban J connectivity index is 2.23. The predicted octanol–water partition coefficient (Wildman–Crippen LogP) is 0.623. The Labute approximate surface area is 84.9 Å². The number of fused-ring (bicyclic) bond motifs is 1. The molecule has 7 heteroatoms. The maximum atomic E-state index is 11.2. The molecule has 0 saturated heterocycles. The fourth-order valence-corrected chi connectivity index (χ4v) is 1.44. The van der Waals surface area contributed by atoms with Crippen LogP contribution in [-0.4, -0.2) is 22.2 Å². The van der Waals surface area contributed by atoms with E-state index >= 15 is 0 Å². The van der Waals surface area contributed by atoms with E-state index in [9.17, 15) is 4.79 Å². The third-order valence-electron chi connectivity index (χ3n) is 2.15. The second-order valence-electron chi connectivity index (χ2n) is 3.32. The Morgan fingerprint density at radius 2 is 2.67 bits per heavy atom. The number of aryl methyl sites for hydroxylation is 1. The van der Waals surface area contributed by atoms with E-state index in [1.807, 2.05) is 0 Å². The number of aromatic nitrogens is 2. The van der Waals surface area contributed by atoms with Crippen LogP contribution in [0.5, 0.6) is 6.01 Å². The zero-order chi connectivity index (χ0) is 10.8. The molecule has 0 aliphatic carbocycles. The van der Waals surface area contributed by atoms with Gasteiger partial charge in [0.15, 0.2) is 0 Å². The van der Waals surface area contributed by atoms with Gasteiger partial charge in [0.1, 0.15) is 6.10 Å². The SMILES string of the molecule is Cc1cn2c(nc1=O)OC(CN=[N+]=[N-])C2. The van der Waals surface area contributed by atoms with Gasteiger partial charge in [0.05, 0.1) is 13.1 Å². The minimum Gasteiger partial charge on any atom is -0.459 e. The highest BCUT2D eigenvalue weighted by molar-refractivity contribution is 5.11. The third-order valence-corrected chi connectivity index (χ3v) is 2.15. The highest BCUT2D eigenvalue weighted by Gasteiger charge is 2.22. The second-order valence-corrected chi connectivity index (χ2v) is 3.32. The lowest BCUT2D eigenvalue weighted by molar-refractivity contribution is 0.233. The predicted molar refractivity (Wildman–Crippen MR) is 51.7 cm³/mol. The molecule has 15 heavy (non-hydrogen) atoms. The molecule has 1 unspecified atom stereocenters. The van der Waals surface area contributed by atoms with Gasteiger partial charge >= 0.3 is 0 Å². The van der Waals surface area contributed by atoms with E-state index in [2.05, 4.69) is 15.0 Å². The fraction of sp³-hybridized carbons (Fsp3) is 0.500. The molecule has 78 valence electrons. The van der Waals surface area contributed by atoms with E-state index in [-0.39, 0.29) is 18.2 Å². The van der Waals surface area contributed by atoms with Crippen molar-refractivity contribution in [1.29, 1.82) is 0 Å². The molecule has 0 aromatic carbocycles. The van der Waals surface area contributed by atoms with Gasteiger partial charge in [-0.05, 0) is 12.5 Å². The number of nitrogens with zero attached hydrogens (tertiary/aromatic N) is 5. The molecule has 0 amide bonds. The molecule has 2 rings (SSSR count). The first-order chi connectivity index (χ1) is 7.20. The zero-order valence-electron chi connectivity index (χ0n) is 8.12. The molecule has 1 aromatic rings. The molecule has 0 fully saturated rings. The summed E-state index contributed by atoms with van der Waals surface area (Å²) in [4.78, 5) is 17.6. The van der Waals surface area contributed by atoms with Crippen LogP contribution in [0.3, 0.4) is 0 Å². The van der Waals surface area contributed by atoms with E-state index in [1.54, 1.807) is 17.7 Å². The van der Waals surface area contributed by atoms with Gasteiger partial charge in [0, 0.05) is 16.7 Å². The van der Waals surface area contributed by atoms with Gasteiger partial charge in [-0.1, -0.05) is 5.11 Å². The summed E-state index contributed by atoms with van der Waals surface area (Å²) in [6.07, 6.45) is 1.47. The van der Waals surface area contributed by atoms with Crippen molar-refractivity contribution in [3.63, 3.8) is 0 Å². The van der Waals surface area contributed by atoms with Crippen LogP contribution >= 0.6 is 0 Å². The summed E-state index contributed by atoms with van der Waals surface area (Å²) in [5, 5.41) is 3.42. The maximum absolute atomic E-state index is 11.2. The van der Waals surface area contributed by atoms with Crippen LogP contribution in [0.25, 0.3) is 10.4 Å². The van der Waals surface area contributed by atoms with Crippen molar-refractivity contribution in [2.24, 2.45) is 5.11 Å². The first-order valence-corrected chi connectivity index (χ1v) is 4.46. The van der Waals surface area contributed by atoms with E-state index in [0.29, 0.717) is 18.1 Å². The molecular weight excluding hydrogens is 198 g/mol. The lowest BCUT2D eigenvalue weighted by atomic mass is 10.3. The monoisotopic (exact) mass is 207 g/mol. The number of rotatable bonds is 2. The first-order valence-electron chi connectivity index (χ1n) is 4.46. The smallest absolute Gasteiger partial charge is 0.300 e. The molecular formula is C8H9N5O2. The van der Waals surface area contributed by atoms with Gasteiger partial charge in [0.25, 0.3) is 11.6 Å². The molecule has 0 spiro atoms. The zero-order valence-corrected chi connectivity index (χ0v) is 8.12. The summed E-state index contributed by atoms with van der Waals surface area (Å²) in [5.41, 5.74) is 8.45. The van der Waals surface area contributed by atoms with E-state index in [4.69, 9.17) is 10.3 Å². The Morgan fingerprint density at radius 3 is 3.40 bits per heavy atom. The average Bonchev–Trinajstić information content (AvgIpc) is 2.58. The van der Waals surface area contributed by atoms with Crippen molar-refractivity contribution >= 4 is 0 Å². The summed E-state index contributed by atoms with van der Waals surface area (Å²) in [6.45, 7) is 2.50. The molecule has 1 aliphatic rings. The standard InChI is InChI=1S/C8H9N5O2/c1-5-3-13-4-6(2-10-12-9)15-8(13)11-7(5)14/h3,6H,2,4H2,1H3. The fourth-order valence-electron chi connectivity index (χ4n) is 1.44. The number of azide groups is 1. The average molecular weight is 207 g/mol. The van der Waals surface area contributed by atoms with Crippen LogP contribution in [-0.2, 0) is 6.54 Å². The van der Waals surface area contributed by atoms with Crippen LogP contribution in [0.4, 0.5) is 0 Å². The summed E-state index contributed by atoms with van der Waals surface area (Å²) in [7, 11) is 0. The highest BCUT2D eigenvalue weighted by Crippen LogP contribution is 2.17. The lowest BCUT2D eigenvalue weighted by Gasteiger charge is -2.02. The van der Waals surface area contributed by atoms with Crippen LogP contribution < -0.4 is 10.3 Å². The molecule has 1 atom stereocenters. The van der Waals surface area contributed by atoms with Crippen LogP contribution in [0.1, 0.15) is 5.56 Å². The summed E-state index contributed by atoms with van der Waals surface area (Å²) in [5.74, 6) is 0. The molecule has 0 saturated carbocycles. The van der Waals surface area contributed by atoms with Crippen molar-refractivity contribution in [3.8, 4) is 6.01 Å². The Morgan fingerprint density at radius 1 is 1.87 bits per heavy atom. The van der Waals surface area contributed by atoms with E-state index in [0.717, 1.165) is 0 Å². The number of hydrogen-bond acceptors (Lipinski definition) is 4. The van der Waals surface area contributed by atoms with Crippen molar-refractivity contribution in [2.45, 2.75) is 19.6 Å². The Hall–Kier alpha value is -2.01. The van der Waals surface area contributed by atoms with Gasteiger partial charge in [-0.2, -0.15) is 4.98 Å². The second kappa shape index (κ2) is 3.62. The maximum Gasteiger partial charge on any atom is 0.300 e. The van der Waals surface area contributed by atoms with Crippen molar-refractivity contribution < 1.29 is 4.74 Å². The van der Waals surface area contributed by atoms with Crippen molar-refractivity contribution in [3.05, 3.63) is 32.6 Å². The van der Waals surface area contributed by atoms with Gasteiger partial charge in [0.2, 0.25) is 0 Å². The van der Waals surface area contributed by atoms with Crippen LogP contribution in [0.15, 0.2) is 16.1 Å². The minimum absolute atomic E-state index is 0.227. The van der Waals surface area contributed by atoms with Gasteiger partial charge in [-0.15, -0.1) is 0 Å². The minimum atomic E-state index is -0.286. The van der Waals surface area contributed by atoms with E-state index < -0.39 is 0 Å². The summed E-state index contributed by atoms with van der Waals surface area (Å²) < 4.78 is 7.08. The Kier molecular flexibility index (Phi) is 2.31. The molecule has 0 radical (unpaired) electrons. The van der Waals surface area contributed by atoms with Gasteiger partial charge in [-0.3, -0.25) is 9.36 Å². The Bertz CT molecular complexity index is 488. The molecule has 0 N–H and O–H groups in total. The summed E-state index contributed by atoms with van der Waals surface area (Å²) in [6, 6.07) is 0.295. The molecule has 7 nitrogen and oxygen atoms in total. The topological polar surface area (TPSA) is 92.9 Å². The van der Waals surface area contributed by atoms with E-state index in [1.165, 1.54) is 0 Å². The van der Waals surface area contributed by atoms with Crippen LogP contribution in [0.2, 0.25) is 0 Å². The normalized spacial score (nSPS) is 17.8. The molecule has 1 aromatic heterocycles. The van der Waals surface area contributed by atoms with Crippen LogP contribution in [0, 0.1) is 6.92 Å². The largest absolute Gasteiger partial charge is 0.459 e. The van der Waals surface area contributed by atoms with Crippen molar-refractivity contribution in [1.82, 2.24) is 9.55 Å². The number of ether oxygens (including phenoxy) is 1. The van der Waals surface area contributed by atoms with Gasteiger partial charge < -0.3 is 4.74 Å². The third kappa shape index (κ3) is 1.77. The summed E-state index contributed by atoms with van der Waals surface area (Å²) >= 11 is 0. The molecule has 2 heterocycles. The molecule has 0 bridgehead atoms. The van der Waals surface area contributed by atoms with Crippen molar-refractivity contribution in [2.75, 3.05) is 6.54 Å².